The van der Waals surface area contributed by atoms with Crippen LogP contribution >= 0.6 is 0 Å². The molecule has 0 bridgehead atoms. The van der Waals surface area contributed by atoms with E-state index in [2.05, 4.69) is 20.5 Å². The van der Waals surface area contributed by atoms with Crippen molar-refractivity contribution in [2.45, 2.75) is 0 Å². The van der Waals surface area contributed by atoms with Crippen LogP contribution in [0.1, 0.15) is 11.1 Å². The van der Waals surface area contributed by atoms with E-state index in [4.69, 9.17) is 0 Å². The highest BCUT2D eigenvalue weighted by atomic mass is 16.3. The SMILES string of the molecule is N#Cc1c(-c2ccccc2)nc(NN=Cc2cccc(O)c2O)[nH]c1=O. The second kappa shape index (κ2) is 7.19. The zero-order chi connectivity index (χ0) is 18.5. The molecule has 3 rings (SSSR count). The summed E-state index contributed by atoms with van der Waals surface area (Å²) in [6, 6.07) is 15.1. The van der Waals surface area contributed by atoms with Crippen molar-refractivity contribution in [1.29, 1.82) is 5.26 Å². The lowest BCUT2D eigenvalue weighted by Crippen LogP contribution is -2.16. The standard InChI is InChI=1S/C18H13N5O3/c19-9-13-15(11-5-2-1-3-6-11)21-18(22-17(13)26)23-20-10-12-7-4-8-14(24)16(12)25/h1-8,10,24-25H,(H2,21,22,23,26). The lowest BCUT2D eigenvalue weighted by molar-refractivity contribution is 0.403. The Morgan fingerprint density at radius 2 is 1.92 bits per heavy atom. The number of para-hydroxylation sites is 1. The minimum absolute atomic E-state index is 0.0312. The maximum atomic E-state index is 12.1. The van der Waals surface area contributed by atoms with Gasteiger partial charge >= 0.3 is 0 Å². The van der Waals surface area contributed by atoms with Crippen LogP contribution in [0.15, 0.2) is 58.4 Å². The van der Waals surface area contributed by atoms with Crippen molar-refractivity contribution in [3.05, 3.63) is 70.0 Å². The van der Waals surface area contributed by atoms with Crippen LogP contribution in [0, 0.1) is 11.3 Å². The predicted molar refractivity (Wildman–Crippen MR) is 96.0 cm³/mol. The third-order valence-corrected chi connectivity index (χ3v) is 3.50. The Morgan fingerprint density at radius 1 is 1.15 bits per heavy atom. The van der Waals surface area contributed by atoms with Gasteiger partial charge in [-0.15, -0.1) is 0 Å². The van der Waals surface area contributed by atoms with Gasteiger partial charge in [-0.05, 0) is 12.1 Å². The van der Waals surface area contributed by atoms with E-state index in [9.17, 15) is 20.3 Å². The number of nitrogens with zero attached hydrogens (tertiary/aromatic N) is 3. The maximum absolute atomic E-state index is 12.1. The summed E-state index contributed by atoms with van der Waals surface area (Å²) >= 11 is 0. The van der Waals surface area contributed by atoms with Crippen molar-refractivity contribution in [3.63, 3.8) is 0 Å². The molecular weight excluding hydrogens is 334 g/mol. The summed E-state index contributed by atoms with van der Waals surface area (Å²) in [6.45, 7) is 0. The molecule has 0 fully saturated rings. The molecule has 8 heteroatoms. The highest BCUT2D eigenvalue weighted by Crippen LogP contribution is 2.26. The van der Waals surface area contributed by atoms with Crippen LogP contribution < -0.4 is 11.0 Å². The molecule has 0 amide bonds. The molecule has 26 heavy (non-hydrogen) atoms. The van der Waals surface area contributed by atoms with E-state index in [0.717, 1.165) is 0 Å². The first-order valence-corrected chi connectivity index (χ1v) is 7.50. The van der Waals surface area contributed by atoms with Gasteiger partial charge in [0.05, 0.1) is 11.9 Å². The van der Waals surface area contributed by atoms with Gasteiger partial charge < -0.3 is 10.2 Å². The zero-order valence-corrected chi connectivity index (χ0v) is 13.3. The number of hydrogen-bond donors (Lipinski definition) is 4. The van der Waals surface area contributed by atoms with Gasteiger partial charge in [-0.1, -0.05) is 36.4 Å². The topological polar surface area (TPSA) is 134 Å². The number of aromatic hydroxyl groups is 2. The molecule has 8 nitrogen and oxygen atoms in total. The van der Waals surface area contributed by atoms with Gasteiger partial charge in [-0.2, -0.15) is 10.4 Å². The zero-order valence-electron chi connectivity index (χ0n) is 13.3. The fraction of sp³-hybridized carbons (Fsp3) is 0. The molecule has 0 spiro atoms. The minimum atomic E-state index is -0.598. The number of hydrazone groups is 1. The molecule has 0 radical (unpaired) electrons. The van der Waals surface area contributed by atoms with Crippen LogP contribution in [-0.2, 0) is 0 Å². The number of hydrogen-bond acceptors (Lipinski definition) is 7. The van der Waals surface area contributed by atoms with Crippen LogP contribution in [-0.4, -0.2) is 26.4 Å². The number of H-pyrrole nitrogens is 1. The highest BCUT2D eigenvalue weighted by molar-refractivity contribution is 5.85. The molecule has 2 aromatic carbocycles. The van der Waals surface area contributed by atoms with Gasteiger partial charge in [-0.3, -0.25) is 9.78 Å². The second-order valence-corrected chi connectivity index (χ2v) is 5.20. The predicted octanol–water partition coefficient (Wildman–Crippen LogP) is 2.17. The molecule has 0 atom stereocenters. The van der Waals surface area contributed by atoms with E-state index in [1.165, 1.54) is 12.3 Å². The van der Waals surface area contributed by atoms with Gasteiger partial charge in [-0.25, -0.2) is 10.4 Å². The number of aromatic nitrogens is 2. The molecule has 0 aliphatic rings. The van der Waals surface area contributed by atoms with Crippen molar-refractivity contribution >= 4 is 12.2 Å². The minimum Gasteiger partial charge on any atom is -0.504 e. The third-order valence-electron chi connectivity index (χ3n) is 3.50. The first kappa shape index (κ1) is 16.7. The Morgan fingerprint density at radius 3 is 2.65 bits per heavy atom. The lowest BCUT2D eigenvalue weighted by Gasteiger charge is -2.06. The summed E-state index contributed by atoms with van der Waals surface area (Å²) in [4.78, 5) is 18.8. The Labute approximate surface area is 147 Å². The number of anilines is 1. The van der Waals surface area contributed by atoms with E-state index >= 15 is 0 Å². The summed E-state index contributed by atoms with van der Waals surface area (Å²) in [7, 11) is 0. The van der Waals surface area contributed by atoms with Gasteiger partial charge in [0.15, 0.2) is 11.5 Å². The smallest absolute Gasteiger partial charge is 0.270 e. The molecule has 0 saturated heterocycles. The van der Waals surface area contributed by atoms with Crippen molar-refractivity contribution in [2.24, 2.45) is 5.10 Å². The first-order chi connectivity index (χ1) is 12.6. The molecule has 3 aromatic rings. The molecule has 0 saturated carbocycles. The molecule has 1 heterocycles. The molecule has 128 valence electrons. The van der Waals surface area contributed by atoms with Gasteiger partial charge in [0.1, 0.15) is 11.6 Å². The fourth-order valence-corrected chi connectivity index (χ4v) is 2.25. The van der Waals surface area contributed by atoms with E-state index in [0.29, 0.717) is 5.56 Å². The Hall–Kier alpha value is -4.12. The first-order valence-electron chi connectivity index (χ1n) is 7.50. The largest absolute Gasteiger partial charge is 0.504 e. The van der Waals surface area contributed by atoms with Crippen molar-refractivity contribution in [1.82, 2.24) is 9.97 Å². The fourth-order valence-electron chi connectivity index (χ4n) is 2.25. The van der Waals surface area contributed by atoms with Crippen LogP contribution in [0.3, 0.4) is 0 Å². The number of benzene rings is 2. The lowest BCUT2D eigenvalue weighted by atomic mass is 10.1. The number of phenols is 2. The quantitative estimate of drug-likeness (QED) is 0.324. The van der Waals surface area contributed by atoms with Crippen molar-refractivity contribution in [3.8, 4) is 28.8 Å². The van der Waals surface area contributed by atoms with Crippen molar-refractivity contribution < 1.29 is 10.2 Å². The van der Waals surface area contributed by atoms with E-state index in [1.807, 2.05) is 12.1 Å². The summed E-state index contributed by atoms with van der Waals surface area (Å²) < 4.78 is 0. The molecule has 0 aliphatic carbocycles. The number of nitrogens with one attached hydrogen (secondary N) is 2. The molecular formula is C18H13N5O3. The monoisotopic (exact) mass is 347 g/mol. The molecule has 0 aliphatic heterocycles. The average Bonchev–Trinajstić information content (AvgIpc) is 2.65. The third kappa shape index (κ3) is 3.37. The van der Waals surface area contributed by atoms with E-state index in [1.54, 1.807) is 36.4 Å². The molecule has 1 aromatic heterocycles. The Balaban J connectivity index is 1.93. The summed E-state index contributed by atoms with van der Waals surface area (Å²) in [5.74, 6) is -0.557. The number of rotatable bonds is 4. The summed E-state index contributed by atoms with van der Waals surface area (Å²) in [6.07, 6.45) is 1.26. The number of aromatic amines is 1. The molecule has 0 unspecified atom stereocenters. The van der Waals surface area contributed by atoms with Gasteiger partial charge in [0, 0.05) is 11.1 Å². The number of nitriles is 1. The van der Waals surface area contributed by atoms with Gasteiger partial charge in [0.2, 0.25) is 5.95 Å². The van der Waals surface area contributed by atoms with E-state index < -0.39 is 5.56 Å². The van der Waals surface area contributed by atoms with E-state index in [-0.39, 0.29) is 34.3 Å². The van der Waals surface area contributed by atoms with Gasteiger partial charge in [0.25, 0.3) is 5.56 Å². The summed E-state index contributed by atoms with van der Waals surface area (Å²) in [5, 5.41) is 32.3. The van der Waals surface area contributed by atoms with Crippen LogP contribution in [0.4, 0.5) is 5.95 Å². The van der Waals surface area contributed by atoms with Crippen molar-refractivity contribution in [2.75, 3.05) is 5.43 Å². The number of phenolic OH excluding ortho intramolecular Hbond substituents is 2. The highest BCUT2D eigenvalue weighted by Gasteiger charge is 2.12. The van der Waals surface area contributed by atoms with Crippen LogP contribution in [0.25, 0.3) is 11.3 Å². The van der Waals surface area contributed by atoms with Crippen LogP contribution in [0.2, 0.25) is 0 Å². The Bertz CT molecular complexity index is 1070. The van der Waals surface area contributed by atoms with Crippen LogP contribution in [0.5, 0.6) is 11.5 Å². The second-order valence-electron chi connectivity index (χ2n) is 5.20. The summed E-state index contributed by atoms with van der Waals surface area (Å²) in [5.41, 5.74) is 2.97. The maximum Gasteiger partial charge on any atom is 0.270 e. The Kier molecular flexibility index (Phi) is 4.63. The molecule has 4 N–H and O–H groups in total. The average molecular weight is 347 g/mol. The normalized spacial score (nSPS) is 10.6.